The fourth-order valence-corrected chi connectivity index (χ4v) is 1.68. The zero-order valence-corrected chi connectivity index (χ0v) is 10.9. The summed E-state index contributed by atoms with van der Waals surface area (Å²) in [5.41, 5.74) is 2.32. The van der Waals surface area contributed by atoms with Gasteiger partial charge in [0, 0.05) is 13.0 Å². The summed E-state index contributed by atoms with van der Waals surface area (Å²) in [7, 11) is 1.68. The van der Waals surface area contributed by atoms with E-state index in [-0.39, 0.29) is 5.91 Å². The van der Waals surface area contributed by atoms with E-state index in [1.807, 2.05) is 26.0 Å². The van der Waals surface area contributed by atoms with Gasteiger partial charge in [-0.05, 0) is 37.0 Å². The highest BCUT2D eigenvalue weighted by Gasteiger charge is 2.02. The molecule has 0 fully saturated rings. The highest BCUT2D eigenvalue weighted by atomic mass is 16.5. The Labute approximate surface area is 103 Å². The van der Waals surface area contributed by atoms with E-state index in [0.717, 1.165) is 24.2 Å². The molecule has 0 aliphatic heterocycles. The van der Waals surface area contributed by atoms with Gasteiger partial charge in [0.05, 0.1) is 7.11 Å². The van der Waals surface area contributed by atoms with Gasteiger partial charge >= 0.3 is 0 Å². The molecular formula is C14H21NO2. The van der Waals surface area contributed by atoms with Gasteiger partial charge in [0.25, 0.3) is 0 Å². The smallest absolute Gasteiger partial charge is 0.219 e. The normalized spacial score (nSPS) is 10.1. The van der Waals surface area contributed by atoms with Crippen LogP contribution >= 0.6 is 0 Å². The van der Waals surface area contributed by atoms with Gasteiger partial charge in [-0.2, -0.15) is 0 Å². The van der Waals surface area contributed by atoms with Crippen molar-refractivity contribution in [2.75, 3.05) is 13.7 Å². The van der Waals surface area contributed by atoms with Crippen LogP contribution in [0.15, 0.2) is 18.2 Å². The first-order chi connectivity index (χ1) is 8.17. The second-order valence-electron chi connectivity index (χ2n) is 4.15. The number of methoxy groups -OCH3 is 1. The molecule has 1 amide bonds. The Morgan fingerprint density at radius 2 is 2.18 bits per heavy atom. The first kappa shape index (κ1) is 13.6. The second kappa shape index (κ2) is 6.94. The van der Waals surface area contributed by atoms with Crippen LogP contribution in [0.2, 0.25) is 0 Å². The Balaban J connectivity index is 2.44. The van der Waals surface area contributed by atoms with Crippen molar-refractivity contribution in [1.29, 1.82) is 0 Å². The van der Waals surface area contributed by atoms with E-state index >= 15 is 0 Å². The molecule has 0 unspecified atom stereocenters. The maximum Gasteiger partial charge on any atom is 0.219 e. The van der Waals surface area contributed by atoms with E-state index in [1.165, 1.54) is 5.56 Å². The summed E-state index contributed by atoms with van der Waals surface area (Å²) in [6, 6.07) is 6.15. The van der Waals surface area contributed by atoms with Gasteiger partial charge in [-0.25, -0.2) is 0 Å². The molecule has 94 valence electrons. The van der Waals surface area contributed by atoms with E-state index < -0.39 is 0 Å². The molecule has 0 atom stereocenters. The maximum absolute atomic E-state index is 11.3. The lowest BCUT2D eigenvalue weighted by atomic mass is 10.1. The van der Waals surface area contributed by atoms with Crippen LogP contribution in [0, 0.1) is 6.92 Å². The van der Waals surface area contributed by atoms with Crippen LogP contribution in [0.3, 0.4) is 0 Å². The van der Waals surface area contributed by atoms with E-state index in [2.05, 4.69) is 11.4 Å². The summed E-state index contributed by atoms with van der Waals surface area (Å²) in [6.07, 6.45) is 2.34. The molecule has 1 rings (SSSR count). The van der Waals surface area contributed by atoms with Crippen molar-refractivity contribution in [3.63, 3.8) is 0 Å². The average Bonchev–Trinajstić information content (AvgIpc) is 2.31. The summed E-state index contributed by atoms with van der Waals surface area (Å²) in [4.78, 5) is 11.3. The van der Waals surface area contributed by atoms with Crippen molar-refractivity contribution < 1.29 is 9.53 Å². The van der Waals surface area contributed by atoms with Crippen LogP contribution in [-0.4, -0.2) is 19.6 Å². The first-order valence-corrected chi connectivity index (χ1v) is 6.07. The van der Waals surface area contributed by atoms with Gasteiger partial charge in [-0.3, -0.25) is 4.79 Å². The van der Waals surface area contributed by atoms with Gasteiger partial charge in [0.2, 0.25) is 5.91 Å². The zero-order chi connectivity index (χ0) is 12.7. The number of benzene rings is 1. The molecule has 17 heavy (non-hydrogen) atoms. The van der Waals surface area contributed by atoms with E-state index in [0.29, 0.717) is 13.0 Å². The van der Waals surface area contributed by atoms with Crippen molar-refractivity contribution in [3.8, 4) is 5.75 Å². The minimum Gasteiger partial charge on any atom is -0.496 e. The van der Waals surface area contributed by atoms with Gasteiger partial charge in [-0.15, -0.1) is 0 Å². The van der Waals surface area contributed by atoms with Crippen LogP contribution in [-0.2, 0) is 11.2 Å². The highest BCUT2D eigenvalue weighted by molar-refractivity contribution is 5.75. The maximum atomic E-state index is 11.3. The third-order valence-corrected chi connectivity index (χ3v) is 2.69. The van der Waals surface area contributed by atoms with Crippen molar-refractivity contribution in [1.82, 2.24) is 5.32 Å². The van der Waals surface area contributed by atoms with E-state index in [4.69, 9.17) is 4.74 Å². The lowest BCUT2D eigenvalue weighted by Gasteiger charge is -2.08. The summed E-state index contributed by atoms with van der Waals surface area (Å²) in [5.74, 6) is 1.04. The van der Waals surface area contributed by atoms with Gasteiger partial charge < -0.3 is 10.1 Å². The van der Waals surface area contributed by atoms with Crippen molar-refractivity contribution in [3.05, 3.63) is 29.3 Å². The topological polar surface area (TPSA) is 38.3 Å². The summed E-state index contributed by atoms with van der Waals surface area (Å²) in [6.45, 7) is 4.71. The van der Waals surface area contributed by atoms with E-state index in [1.54, 1.807) is 7.11 Å². The number of nitrogens with one attached hydrogen (secondary N) is 1. The largest absolute Gasteiger partial charge is 0.496 e. The number of ether oxygens (including phenoxy) is 1. The number of rotatable bonds is 6. The molecule has 0 radical (unpaired) electrons. The summed E-state index contributed by atoms with van der Waals surface area (Å²) < 4.78 is 5.26. The lowest BCUT2D eigenvalue weighted by molar-refractivity contribution is -0.121. The predicted molar refractivity (Wildman–Crippen MR) is 69.4 cm³/mol. The Bertz CT molecular complexity index is 374. The molecule has 0 aliphatic carbocycles. The molecule has 3 nitrogen and oxygen atoms in total. The van der Waals surface area contributed by atoms with Gasteiger partial charge in [0.1, 0.15) is 5.75 Å². The third-order valence-electron chi connectivity index (χ3n) is 2.69. The molecule has 0 saturated heterocycles. The number of aryl methyl sites for hydroxylation is 1. The summed E-state index contributed by atoms with van der Waals surface area (Å²) in [5, 5.41) is 2.90. The molecule has 0 bridgehead atoms. The highest BCUT2D eigenvalue weighted by Crippen LogP contribution is 2.18. The number of hydrogen-bond acceptors (Lipinski definition) is 2. The van der Waals surface area contributed by atoms with Gasteiger partial charge in [0.15, 0.2) is 0 Å². The SMILES string of the molecule is CCCC(=O)NCCc1ccc(C)c(OC)c1. The number of carbonyl (C=O) groups is 1. The first-order valence-electron chi connectivity index (χ1n) is 6.07. The Morgan fingerprint density at radius 3 is 2.82 bits per heavy atom. The number of carbonyl (C=O) groups excluding carboxylic acids is 1. The Morgan fingerprint density at radius 1 is 1.41 bits per heavy atom. The standard InChI is InChI=1S/C14H21NO2/c1-4-5-14(16)15-9-8-12-7-6-11(2)13(10-12)17-3/h6-7,10H,4-5,8-9H2,1-3H3,(H,15,16). The monoisotopic (exact) mass is 235 g/mol. The molecule has 0 aliphatic rings. The minimum atomic E-state index is 0.131. The fraction of sp³-hybridized carbons (Fsp3) is 0.500. The quantitative estimate of drug-likeness (QED) is 0.822. The van der Waals surface area contributed by atoms with E-state index in [9.17, 15) is 4.79 Å². The van der Waals surface area contributed by atoms with Crippen molar-refractivity contribution in [2.24, 2.45) is 0 Å². The molecule has 0 spiro atoms. The summed E-state index contributed by atoms with van der Waals surface area (Å²) >= 11 is 0. The zero-order valence-electron chi connectivity index (χ0n) is 10.9. The van der Waals surface area contributed by atoms with Crippen molar-refractivity contribution in [2.45, 2.75) is 33.1 Å². The van der Waals surface area contributed by atoms with Crippen LogP contribution < -0.4 is 10.1 Å². The number of amides is 1. The molecule has 3 heteroatoms. The molecule has 0 heterocycles. The van der Waals surface area contributed by atoms with Crippen LogP contribution in [0.5, 0.6) is 5.75 Å². The second-order valence-corrected chi connectivity index (χ2v) is 4.15. The van der Waals surface area contributed by atoms with Crippen LogP contribution in [0.25, 0.3) is 0 Å². The molecule has 1 N–H and O–H groups in total. The number of hydrogen-bond donors (Lipinski definition) is 1. The minimum absolute atomic E-state index is 0.131. The predicted octanol–water partition coefficient (Wildman–Crippen LogP) is 2.46. The van der Waals surface area contributed by atoms with Crippen LogP contribution in [0.1, 0.15) is 30.9 Å². The molecule has 1 aromatic carbocycles. The molecule has 0 aromatic heterocycles. The molecule has 1 aromatic rings. The molecule has 0 saturated carbocycles. The Kier molecular flexibility index (Phi) is 5.53. The van der Waals surface area contributed by atoms with Crippen LogP contribution in [0.4, 0.5) is 0 Å². The van der Waals surface area contributed by atoms with Gasteiger partial charge in [-0.1, -0.05) is 19.1 Å². The molecular weight excluding hydrogens is 214 g/mol. The average molecular weight is 235 g/mol. The third kappa shape index (κ3) is 4.47. The van der Waals surface area contributed by atoms with Crippen molar-refractivity contribution >= 4 is 5.91 Å². The lowest BCUT2D eigenvalue weighted by Crippen LogP contribution is -2.25. The fourth-order valence-electron chi connectivity index (χ4n) is 1.68. The Hall–Kier alpha value is -1.51.